The second-order valence-corrected chi connectivity index (χ2v) is 12.0. The van der Waals surface area contributed by atoms with Crippen LogP contribution in [0, 0.1) is 6.92 Å². The Balaban J connectivity index is 0.000000480. The van der Waals surface area contributed by atoms with Gasteiger partial charge in [0.25, 0.3) is 0 Å². The minimum atomic E-state index is -11.2. The third-order valence-corrected chi connectivity index (χ3v) is 4.48. The van der Waals surface area contributed by atoms with Crippen molar-refractivity contribution < 1.29 is 21.6 Å². The third kappa shape index (κ3) is 9.19. The van der Waals surface area contributed by atoms with Crippen molar-refractivity contribution in [3.63, 3.8) is 0 Å². The number of halogens is 6. The van der Waals surface area contributed by atoms with E-state index in [4.69, 9.17) is 4.74 Å². The summed E-state index contributed by atoms with van der Waals surface area (Å²) in [4.78, 5) is 0. The van der Waals surface area contributed by atoms with Crippen molar-refractivity contribution in [1.82, 2.24) is 4.48 Å². The first-order valence-corrected chi connectivity index (χ1v) is 14.5. The molecule has 2 rings (SSSR count). The van der Waals surface area contributed by atoms with Gasteiger partial charge in [0, 0.05) is 11.1 Å². The maximum atomic E-state index is 9.93. The quantitative estimate of drug-likeness (QED) is 0.234. The molecule has 160 valence electrons. The zero-order valence-corrected chi connectivity index (χ0v) is 18.9. The number of hydrogen-bond acceptors (Lipinski definition) is 1. The van der Waals surface area contributed by atoms with Crippen molar-refractivity contribution >= 4 is 25.2 Å². The van der Waals surface area contributed by atoms with Gasteiger partial charge in [-0.1, -0.05) is 18.2 Å². The number of benzene rings is 2. The van der Waals surface area contributed by atoms with Crippen molar-refractivity contribution in [2.45, 2.75) is 27.3 Å². The van der Waals surface area contributed by atoms with Gasteiger partial charge in [0.05, 0.1) is 20.2 Å². The van der Waals surface area contributed by atoms with Crippen LogP contribution in [0.25, 0.3) is 0 Å². The molecule has 2 aromatic rings. The van der Waals surface area contributed by atoms with E-state index >= 15 is 0 Å². The molecule has 0 saturated heterocycles. The molecule has 2 aromatic carbocycles. The number of hydrogen-bond donors (Lipinski definition) is 0. The van der Waals surface area contributed by atoms with Crippen LogP contribution in [0.3, 0.4) is 0 Å². The molecule has 0 heterocycles. The molecule has 2 nitrogen and oxygen atoms in total. The molecule has 0 aliphatic heterocycles. The summed E-state index contributed by atoms with van der Waals surface area (Å²) >= 11 is -11.2. The second-order valence-electron chi connectivity index (χ2n) is 6.53. The van der Waals surface area contributed by atoms with Crippen LogP contribution in [0.1, 0.15) is 25.0 Å². The first-order chi connectivity index (χ1) is 12.6. The molecular formula is C19H26F6NOSb. The van der Waals surface area contributed by atoms with E-state index in [1.807, 2.05) is 12.1 Å². The van der Waals surface area contributed by atoms with Gasteiger partial charge in [-0.05, 0) is 51.1 Å². The van der Waals surface area contributed by atoms with Crippen molar-refractivity contribution in [1.29, 1.82) is 0 Å². The number of nitrogens with zero attached hydrogens (tertiary/aromatic N) is 1. The minimum absolute atomic E-state index is 0.917. The summed E-state index contributed by atoms with van der Waals surface area (Å²) in [7, 11) is 1.71. The zero-order chi connectivity index (χ0) is 21.7. The predicted molar refractivity (Wildman–Crippen MR) is 103 cm³/mol. The third-order valence-electron chi connectivity index (χ3n) is 4.48. The number of para-hydroxylation sites is 1. The molecule has 0 aliphatic carbocycles. The van der Waals surface area contributed by atoms with Crippen LogP contribution in [0.2, 0.25) is 0 Å². The normalized spacial score (nSPS) is 14.4. The van der Waals surface area contributed by atoms with Crippen molar-refractivity contribution in [3.05, 3.63) is 59.7 Å². The van der Waals surface area contributed by atoms with E-state index in [-0.39, 0.29) is 0 Å². The van der Waals surface area contributed by atoms with Gasteiger partial charge in [0.1, 0.15) is 18.0 Å². The molecule has 0 amide bonds. The molecule has 9 heteroatoms. The Morgan fingerprint density at radius 1 is 0.821 bits per heavy atom. The number of methoxy groups -OCH3 is 1. The Labute approximate surface area is 164 Å². The molecule has 0 fully saturated rings. The van der Waals surface area contributed by atoms with Crippen molar-refractivity contribution in [2.24, 2.45) is 0 Å². The Kier molecular flexibility index (Phi) is 7.17. The first-order valence-electron chi connectivity index (χ1n) is 8.72. The van der Waals surface area contributed by atoms with Gasteiger partial charge in [-0.15, -0.1) is 0 Å². The molecule has 0 N–H and O–H groups in total. The van der Waals surface area contributed by atoms with Crippen molar-refractivity contribution in [3.8, 4) is 5.75 Å². The second kappa shape index (κ2) is 8.15. The Morgan fingerprint density at radius 3 is 1.68 bits per heavy atom. The summed E-state index contributed by atoms with van der Waals surface area (Å²) in [6, 6.07) is 17.2. The van der Waals surface area contributed by atoms with E-state index in [1.165, 1.54) is 16.8 Å². The van der Waals surface area contributed by atoms with Gasteiger partial charge in [-0.25, -0.2) is 0 Å². The van der Waals surface area contributed by atoms with Gasteiger partial charge in [0.2, 0.25) is 0 Å². The van der Waals surface area contributed by atoms with Gasteiger partial charge in [0.15, 0.2) is 0 Å². The van der Waals surface area contributed by atoms with E-state index in [9.17, 15) is 16.9 Å². The molecule has 0 saturated carbocycles. The zero-order valence-electron chi connectivity index (χ0n) is 16.3. The Bertz CT molecular complexity index is 760. The first kappa shape index (κ1) is 24.6. The molecule has 0 unspecified atom stereocenters. The van der Waals surface area contributed by atoms with E-state index in [0.717, 1.165) is 29.9 Å². The van der Waals surface area contributed by atoms with Gasteiger partial charge >= 0.3 is 36.4 Å². The molecule has 0 aliphatic rings. The standard InChI is InChI=1S/C19H26NO.6FH.Sb/c1-5-20(6-2,19-10-8-7-9-16(19)3)15-17-11-13-18(21-4)14-12-17;;;;;;;/h7-14H,5-6,15H2,1-4H3;6*1H;/q+1;;;;;;;+5/p-6. The van der Waals surface area contributed by atoms with Gasteiger partial charge < -0.3 is 4.74 Å². The summed E-state index contributed by atoms with van der Waals surface area (Å²) in [5, 5.41) is 0. The Morgan fingerprint density at radius 2 is 1.29 bits per heavy atom. The summed E-state index contributed by atoms with van der Waals surface area (Å²) in [5.74, 6) is 0.917. The van der Waals surface area contributed by atoms with Crippen LogP contribution in [-0.2, 0) is 6.54 Å². The fraction of sp³-hybridized carbons (Fsp3) is 0.368. The van der Waals surface area contributed by atoms with Crippen LogP contribution in [0.5, 0.6) is 5.75 Å². The van der Waals surface area contributed by atoms with Crippen LogP contribution in [0.15, 0.2) is 48.5 Å². The van der Waals surface area contributed by atoms with E-state index < -0.39 is 19.5 Å². The van der Waals surface area contributed by atoms with E-state index in [0.29, 0.717) is 0 Å². The maximum absolute atomic E-state index is 11.2. The fourth-order valence-electron chi connectivity index (χ4n) is 3.05. The van der Waals surface area contributed by atoms with Crippen LogP contribution < -0.4 is 9.22 Å². The molecule has 28 heavy (non-hydrogen) atoms. The topological polar surface area (TPSA) is 9.23 Å². The summed E-state index contributed by atoms with van der Waals surface area (Å²) in [6.07, 6.45) is 0. The van der Waals surface area contributed by atoms with Gasteiger partial charge in [-0.2, -0.15) is 0 Å². The predicted octanol–water partition coefficient (Wildman–Crippen LogP) is 6.69. The molecule has 0 bridgehead atoms. The molecule has 0 atom stereocenters. The molecule has 0 aromatic heterocycles. The van der Waals surface area contributed by atoms with Crippen LogP contribution in [-0.4, -0.2) is 39.7 Å². The average Bonchev–Trinajstić information content (AvgIpc) is 2.58. The van der Waals surface area contributed by atoms with Gasteiger partial charge in [-0.3, -0.25) is 4.48 Å². The molecular weight excluding hydrogens is 494 g/mol. The van der Waals surface area contributed by atoms with E-state index in [1.54, 1.807) is 7.11 Å². The number of rotatable bonds is 6. The fourth-order valence-corrected chi connectivity index (χ4v) is 3.05. The number of quaternary nitrogens is 1. The van der Waals surface area contributed by atoms with Crippen LogP contribution >= 0.6 is 0 Å². The summed E-state index contributed by atoms with van der Waals surface area (Å²) < 4.78 is 65.8. The number of aryl methyl sites for hydroxylation is 1. The van der Waals surface area contributed by atoms with E-state index in [2.05, 4.69) is 57.2 Å². The average molecular weight is 520 g/mol. The number of ether oxygens (including phenoxy) is 1. The Hall–Kier alpha value is -1.40. The monoisotopic (exact) mass is 519 g/mol. The van der Waals surface area contributed by atoms with Crippen LogP contribution in [0.4, 0.5) is 22.6 Å². The molecule has 0 radical (unpaired) electrons. The van der Waals surface area contributed by atoms with Crippen molar-refractivity contribution in [2.75, 3.05) is 20.2 Å². The summed E-state index contributed by atoms with van der Waals surface area (Å²) in [5.41, 5.74) is 4.15. The SMILES string of the molecule is CC[N+](CC)(Cc1ccc(OC)cc1)c1ccccc1C.[F][Sb-]([F])([F])([F])([F])[F]. The summed E-state index contributed by atoms with van der Waals surface area (Å²) in [6.45, 7) is 9.96. The molecule has 0 spiro atoms.